The van der Waals surface area contributed by atoms with Crippen molar-refractivity contribution in [3.05, 3.63) is 50.6 Å². The fourth-order valence-electron chi connectivity index (χ4n) is 2.09. The van der Waals surface area contributed by atoms with Crippen molar-refractivity contribution in [2.45, 2.75) is 13.1 Å². The lowest BCUT2D eigenvalue weighted by molar-refractivity contribution is 0.323. The average molecular weight is 369 g/mol. The van der Waals surface area contributed by atoms with E-state index < -0.39 is 0 Å². The van der Waals surface area contributed by atoms with Crippen molar-refractivity contribution in [3.8, 4) is 5.75 Å². The first-order chi connectivity index (χ1) is 10.2. The second-order valence-corrected chi connectivity index (χ2v) is 6.91. The van der Waals surface area contributed by atoms with Crippen LogP contribution >= 0.6 is 27.3 Å². The van der Waals surface area contributed by atoms with E-state index in [0.29, 0.717) is 0 Å². The highest BCUT2D eigenvalue weighted by Crippen LogP contribution is 2.19. The summed E-state index contributed by atoms with van der Waals surface area (Å²) in [6.07, 6.45) is 0. The zero-order valence-corrected chi connectivity index (χ0v) is 14.8. The zero-order chi connectivity index (χ0) is 15.1. The molecular weight excluding hydrogens is 348 g/mol. The quantitative estimate of drug-likeness (QED) is 0.718. The fraction of sp³-hybridized carbons (Fsp3) is 0.375. The number of ether oxygens (including phenoxy) is 1. The summed E-state index contributed by atoms with van der Waals surface area (Å²) >= 11 is 5.26. The van der Waals surface area contributed by atoms with Crippen molar-refractivity contribution in [2.24, 2.45) is 0 Å². The molecule has 0 saturated heterocycles. The number of benzene rings is 1. The maximum absolute atomic E-state index is 5.25. The highest BCUT2D eigenvalue weighted by molar-refractivity contribution is 9.10. The Balaban J connectivity index is 1.68. The van der Waals surface area contributed by atoms with Gasteiger partial charge in [-0.05, 0) is 46.7 Å². The first kappa shape index (κ1) is 16.5. The van der Waals surface area contributed by atoms with E-state index in [-0.39, 0.29) is 0 Å². The maximum atomic E-state index is 5.25. The van der Waals surface area contributed by atoms with Crippen LogP contribution in [0.2, 0.25) is 0 Å². The zero-order valence-electron chi connectivity index (χ0n) is 12.4. The Bertz CT molecular complexity index is 559. The number of thiophene rings is 1. The topological polar surface area (TPSA) is 24.5 Å². The van der Waals surface area contributed by atoms with Gasteiger partial charge in [0.1, 0.15) is 5.75 Å². The van der Waals surface area contributed by atoms with Crippen LogP contribution in [0.3, 0.4) is 0 Å². The van der Waals surface area contributed by atoms with Crippen LogP contribution in [0.1, 0.15) is 10.4 Å². The van der Waals surface area contributed by atoms with Crippen LogP contribution < -0.4 is 10.1 Å². The molecule has 0 atom stereocenters. The van der Waals surface area contributed by atoms with Gasteiger partial charge in [0, 0.05) is 40.9 Å². The van der Waals surface area contributed by atoms with Gasteiger partial charge in [-0.2, -0.15) is 0 Å². The van der Waals surface area contributed by atoms with Gasteiger partial charge in [0.25, 0.3) is 0 Å². The van der Waals surface area contributed by atoms with Gasteiger partial charge >= 0.3 is 0 Å². The normalized spacial score (nSPS) is 11.0. The molecule has 1 heterocycles. The molecule has 0 aliphatic carbocycles. The van der Waals surface area contributed by atoms with Crippen molar-refractivity contribution in [2.75, 3.05) is 27.2 Å². The lowest BCUT2D eigenvalue weighted by Gasteiger charge is -2.17. The lowest BCUT2D eigenvalue weighted by Crippen LogP contribution is -2.28. The standard InChI is InChI=1S/C16H21BrN2OS/c1-19(11-13-4-3-5-15(8-13)20-2)7-6-18-10-16-9-14(17)12-21-16/h3-5,8-9,12,18H,6-7,10-11H2,1-2H3. The number of hydrogen-bond donors (Lipinski definition) is 1. The molecule has 0 aliphatic rings. The number of halogens is 1. The molecule has 21 heavy (non-hydrogen) atoms. The molecule has 0 radical (unpaired) electrons. The molecule has 1 N–H and O–H groups in total. The largest absolute Gasteiger partial charge is 0.497 e. The van der Waals surface area contributed by atoms with Crippen molar-refractivity contribution < 1.29 is 4.74 Å². The van der Waals surface area contributed by atoms with Gasteiger partial charge in [-0.25, -0.2) is 0 Å². The predicted octanol–water partition coefficient (Wildman–Crippen LogP) is 3.74. The SMILES string of the molecule is COc1cccc(CN(C)CCNCc2cc(Br)cs2)c1. The van der Waals surface area contributed by atoms with Crippen molar-refractivity contribution in [1.29, 1.82) is 0 Å². The number of methoxy groups -OCH3 is 1. The van der Waals surface area contributed by atoms with E-state index >= 15 is 0 Å². The summed E-state index contributed by atoms with van der Waals surface area (Å²) in [6, 6.07) is 10.4. The summed E-state index contributed by atoms with van der Waals surface area (Å²) in [6.45, 7) is 3.87. The van der Waals surface area contributed by atoms with Crippen LogP contribution in [0.4, 0.5) is 0 Å². The summed E-state index contributed by atoms with van der Waals surface area (Å²) < 4.78 is 6.42. The van der Waals surface area contributed by atoms with Gasteiger partial charge in [-0.3, -0.25) is 0 Å². The molecule has 0 bridgehead atoms. The Morgan fingerprint density at radius 3 is 2.90 bits per heavy atom. The van der Waals surface area contributed by atoms with Gasteiger partial charge in [0.2, 0.25) is 0 Å². The van der Waals surface area contributed by atoms with Gasteiger partial charge in [0.05, 0.1) is 7.11 Å². The van der Waals surface area contributed by atoms with Crippen LogP contribution in [0.5, 0.6) is 5.75 Å². The van der Waals surface area contributed by atoms with Gasteiger partial charge in [-0.1, -0.05) is 12.1 Å². The molecule has 5 heteroatoms. The van der Waals surface area contributed by atoms with Gasteiger partial charge in [-0.15, -0.1) is 11.3 Å². The first-order valence-corrected chi connectivity index (χ1v) is 8.60. The fourth-order valence-corrected chi connectivity index (χ4v) is 3.51. The Morgan fingerprint density at radius 1 is 1.33 bits per heavy atom. The third-order valence-corrected chi connectivity index (χ3v) is 4.88. The molecule has 0 unspecified atom stereocenters. The summed E-state index contributed by atoms with van der Waals surface area (Å²) in [5, 5.41) is 5.59. The molecule has 1 aromatic heterocycles. The first-order valence-electron chi connectivity index (χ1n) is 6.92. The van der Waals surface area contributed by atoms with E-state index in [1.54, 1.807) is 18.4 Å². The molecule has 0 fully saturated rings. The van der Waals surface area contributed by atoms with Crippen molar-refractivity contribution in [1.82, 2.24) is 10.2 Å². The Kier molecular flexibility index (Phi) is 6.70. The summed E-state index contributed by atoms with van der Waals surface area (Å²) in [7, 11) is 3.85. The molecular formula is C16H21BrN2OS. The van der Waals surface area contributed by atoms with Crippen molar-refractivity contribution >= 4 is 27.3 Å². The Hall–Kier alpha value is -0.880. The summed E-state index contributed by atoms with van der Waals surface area (Å²) in [5.74, 6) is 0.919. The minimum Gasteiger partial charge on any atom is -0.497 e. The van der Waals surface area contributed by atoms with Gasteiger partial charge in [0.15, 0.2) is 0 Å². The summed E-state index contributed by atoms with van der Waals surface area (Å²) in [4.78, 5) is 3.67. The third-order valence-electron chi connectivity index (χ3n) is 3.18. The number of nitrogens with zero attached hydrogens (tertiary/aromatic N) is 1. The molecule has 2 rings (SSSR count). The van der Waals surface area contributed by atoms with Crippen LogP contribution in [0.15, 0.2) is 40.2 Å². The van der Waals surface area contributed by atoms with E-state index in [1.807, 2.05) is 12.1 Å². The van der Waals surface area contributed by atoms with E-state index in [9.17, 15) is 0 Å². The maximum Gasteiger partial charge on any atom is 0.119 e. The van der Waals surface area contributed by atoms with E-state index in [0.717, 1.165) is 31.9 Å². The monoisotopic (exact) mass is 368 g/mol. The Morgan fingerprint density at radius 2 is 2.19 bits per heavy atom. The van der Waals surface area contributed by atoms with Crippen LogP contribution in [-0.4, -0.2) is 32.1 Å². The molecule has 114 valence electrons. The molecule has 3 nitrogen and oxygen atoms in total. The predicted molar refractivity (Wildman–Crippen MR) is 93.1 cm³/mol. The van der Waals surface area contributed by atoms with Gasteiger partial charge < -0.3 is 15.0 Å². The van der Waals surface area contributed by atoms with E-state index in [4.69, 9.17) is 4.74 Å². The second kappa shape index (κ2) is 8.54. The van der Waals surface area contributed by atoms with Crippen LogP contribution in [0.25, 0.3) is 0 Å². The highest BCUT2D eigenvalue weighted by atomic mass is 79.9. The Labute approximate surface area is 139 Å². The highest BCUT2D eigenvalue weighted by Gasteiger charge is 2.02. The minimum atomic E-state index is 0.919. The summed E-state index contributed by atoms with van der Waals surface area (Å²) in [5.41, 5.74) is 1.28. The molecule has 1 aromatic carbocycles. The van der Waals surface area contributed by atoms with E-state index in [2.05, 4.69) is 56.8 Å². The molecule has 0 amide bonds. The van der Waals surface area contributed by atoms with Crippen molar-refractivity contribution in [3.63, 3.8) is 0 Å². The molecule has 0 saturated carbocycles. The smallest absolute Gasteiger partial charge is 0.119 e. The van der Waals surface area contributed by atoms with Crippen LogP contribution in [-0.2, 0) is 13.1 Å². The average Bonchev–Trinajstić information content (AvgIpc) is 2.89. The molecule has 0 aliphatic heterocycles. The number of likely N-dealkylation sites (N-methyl/N-ethyl adjacent to an activating group) is 1. The molecule has 0 spiro atoms. The lowest BCUT2D eigenvalue weighted by atomic mass is 10.2. The van der Waals surface area contributed by atoms with Crippen LogP contribution in [0, 0.1) is 0 Å². The third kappa shape index (κ3) is 5.79. The number of nitrogens with one attached hydrogen (secondary N) is 1. The second-order valence-electron chi connectivity index (χ2n) is 5.00. The molecule has 2 aromatic rings. The minimum absolute atomic E-state index is 0.919. The van der Waals surface area contributed by atoms with E-state index in [1.165, 1.54) is 14.9 Å². The number of hydrogen-bond acceptors (Lipinski definition) is 4. The number of rotatable bonds is 8.